The second-order valence-corrected chi connectivity index (χ2v) is 15.8. The maximum Gasteiger partial charge on any atom is 0.319 e. The summed E-state index contributed by atoms with van der Waals surface area (Å²) >= 11 is 1.44. The minimum Gasteiger partial charge on any atom is -0.461 e. The highest BCUT2D eigenvalue weighted by molar-refractivity contribution is 8.52. The van der Waals surface area contributed by atoms with Gasteiger partial charge in [0.05, 0.1) is 27.7 Å². The van der Waals surface area contributed by atoms with Gasteiger partial charge in [-0.3, -0.25) is 4.90 Å². The Morgan fingerprint density at radius 1 is 1.04 bits per heavy atom. The van der Waals surface area contributed by atoms with Gasteiger partial charge in [-0.15, -0.1) is 0 Å². The van der Waals surface area contributed by atoms with Crippen LogP contribution in [0.5, 0.6) is 6.01 Å². The quantitative estimate of drug-likeness (QED) is 0.192. The van der Waals surface area contributed by atoms with Crippen LogP contribution in [0.25, 0.3) is 32.9 Å². The standard InChI is InChI=1S/C35H37F2N6OPS/c1-34-14-10-26-28-31(29(37)30(39-26)24-7-3-6-22-8-9-25(36)23(27(22)24)11-19-46-45-2)40-33(41-32(28)43(34)18-15-38-20-34)44-21-35-12-4-16-42(35)17-5-13-35/h3,6-9,38,45H,4-5,10,12-18,20-21H2,1-2H3. The molecule has 0 amide bonds. The summed E-state index contributed by atoms with van der Waals surface area (Å²) in [4.78, 5) is 19.7. The summed E-state index contributed by atoms with van der Waals surface area (Å²) in [6, 6.07) is 8.92. The number of nitrogens with one attached hydrogen (secondary N) is 1. The molecule has 3 fully saturated rings. The number of hydrogen-bond donors (Lipinski definition) is 1. The first-order chi connectivity index (χ1) is 22.4. The molecule has 0 radical (unpaired) electrons. The molecule has 4 aromatic rings. The SMILES string of the molecule is CPSC#Cc1c(F)ccc2cccc(-c3nc4c5c(nc(OCC67CCCN6CCC7)nc5c3F)N3CCNCC3(C)CC4)c12. The van der Waals surface area contributed by atoms with E-state index in [-0.39, 0.29) is 33.9 Å². The summed E-state index contributed by atoms with van der Waals surface area (Å²) in [5.74, 6) is 2.73. The average molecular weight is 659 g/mol. The van der Waals surface area contributed by atoms with E-state index < -0.39 is 11.6 Å². The number of aryl methyl sites for hydroxylation is 1. The summed E-state index contributed by atoms with van der Waals surface area (Å²) in [7, 11) is 0.551. The van der Waals surface area contributed by atoms with Gasteiger partial charge in [0.2, 0.25) is 0 Å². The van der Waals surface area contributed by atoms with Gasteiger partial charge in [-0.25, -0.2) is 13.8 Å². The van der Waals surface area contributed by atoms with Crippen molar-refractivity contribution in [3.63, 3.8) is 0 Å². The molecule has 0 spiro atoms. The molecule has 0 bridgehead atoms. The summed E-state index contributed by atoms with van der Waals surface area (Å²) < 4.78 is 39.0. The van der Waals surface area contributed by atoms with E-state index >= 15 is 8.78 Å². The van der Waals surface area contributed by atoms with Crippen LogP contribution in [0.15, 0.2) is 30.3 Å². The lowest BCUT2D eigenvalue weighted by molar-refractivity contribution is 0.107. The summed E-state index contributed by atoms with van der Waals surface area (Å²) in [6.45, 7) is 9.27. The largest absolute Gasteiger partial charge is 0.461 e. The normalized spacial score (nSPS) is 22.2. The van der Waals surface area contributed by atoms with Crippen LogP contribution in [0, 0.1) is 22.8 Å². The summed E-state index contributed by atoms with van der Waals surface area (Å²) in [5.41, 5.74) is 1.65. The summed E-state index contributed by atoms with van der Waals surface area (Å²) in [5, 5.41) is 8.55. The van der Waals surface area contributed by atoms with Crippen molar-refractivity contribution in [3.05, 3.63) is 53.2 Å². The topological polar surface area (TPSA) is 66.4 Å². The summed E-state index contributed by atoms with van der Waals surface area (Å²) in [6.07, 6.45) is 5.95. The molecular weight excluding hydrogens is 621 g/mol. The second-order valence-electron chi connectivity index (χ2n) is 13.2. The maximum atomic E-state index is 17.1. The minimum absolute atomic E-state index is 0.00410. The fourth-order valence-electron chi connectivity index (χ4n) is 8.17. The molecule has 46 heavy (non-hydrogen) atoms. The van der Waals surface area contributed by atoms with Crippen molar-refractivity contribution in [3.8, 4) is 28.4 Å². The number of anilines is 1. The third-order valence-corrected chi connectivity index (χ3v) is 11.8. The van der Waals surface area contributed by atoms with E-state index in [1.807, 2.05) is 24.9 Å². The molecule has 6 heterocycles. The molecule has 4 aliphatic rings. The van der Waals surface area contributed by atoms with Crippen LogP contribution in [0.2, 0.25) is 0 Å². The lowest BCUT2D eigenvalue weighted by Crippen LogP contribution is -2.60. The van der Waals surface area contributed by atoms with Gasteiger partial charge in [0.15, 0.2) is 5.82 Å². The van der Waals surface area contributed by atoms with Crippen LogP contribution in [-0.2, 0) is 6.42 Å². The molecule has 2 atom stereocenters. The van der Waals surface area contributed by atoms with E-state index in [4.69, 9.17) is 19.7 Å². The zero-order valence-electron chi connectivity index (χ0n) is 26.2. The molecule has 238 valence electrons. The van der Waals surface area contributed by atoms with Crippen molar-refractivity contribution in [2.45, 2.75) is 56.5 Å². The van der Waals surface area contributed by atoms with E-state index in [1.54, 1.807) is 6.07 Å². The third-order valence-electron chi connectivity index (χ3n) is 10.5. The lowest BCUT2D eigenvalue weighted by Gasteiger charge is -2.45. The molecule has 8 rings (SSSR count). The van der Waals surface area contributed by atoms with Crippen LogP contribution in [0.3, 0.4) is 0 Å². The van der Waals surface area contributed by atoms with Gasteiger partial charge in [0, 0.05) is 30.6 Å². The fourth-order valence-corrected chi connectivity index (χ4v) is 8.89. The first kappa shape index (κ1) is 30.3. The molecular formula is C35H37F2N6OPS. The molecule has 7 nitrogen and oxygen atoms in total. The zero-order chi connectivity index (χ0) is 31.5. The van der Waals surface area contributed by atoms with Gasteiger partial charge >= 0.3 is 6.01 Å². The number of aromatic nitrogens is 3. The number of piperazine rings is 1. The van der Waals surface area contributed by atoms with Gasteiger partial charge in [-0.1, -0.05) is 49.4 Å². The van der Waals surface area contributed by atoms with Crippen molar-refractivity contribution < 1.29 is 13.5 Å². The lowest BCUT2D eigenvalue weighted by atomic mass is 9.92. The number of pyridine rings is 1. The smallest absolute Gasteiger partial charge is 0.319 e. The van der Waals surface area contributed by atoms with E-state index in [0.29, 0.717) is 43.0 Å². The number of rotatable bonds is 5. The third kappa shape index (κ3) is 4.93. The van der Waals surface area contributed by atoms with Crippen LogP contribution in [0.1, 0.15) is 50.3 Å². The van der Waals surface area contributed by atoms with E-state index in [9.17, 15) is 0 Å². The molecule has 1 N–H and O–H groups in total. The predicted octanol–water partition coefficient (Wildman–Crippen LogP) is 6.51. The van der Waals surface area contributed by atoms with Crippen LogP contribution in [0.4, 0.5) is 14.6 Å². The molecule has 0 aliphatic carbocycles. The highest BCUT2D eigenvalue weighted by atomic mass is 32.7. The molecule has 4 aliphatic heterocycles. The Labute approximate surface area is 273 Å². The van der Waals surface area contributed by atoms with Crippen molar-refractivity contribution in [2.75, 3.05) is 50.9 Å². The van der Waals surface area contributed by atoms with E-state index in [1.165, 1.54) is 17.4 Å². The number of hydrogen-bond acceptors (Lipinski definition) is 8. The molecule has 2 unspecified atom stereocenters. The van der Waals surface area contributed by atoms with Crippen molar-refractivity contribution in [1.29, 1.82) is 0 Å². The van der Waals surface area contributed by atoms with Gasteiger partial charge in [-0.2, -0.15) is 9.97 Å². The van der Waals surface area contributed by atoms with E-state index in [0.717, 1.165) is 75.9 Å². The Morgan fingerprint density at radius 3 is 2.72 bits per heavy atom. The number of benzene rings is 2. The highest BCUT2D eigenvalue weighted by Gasteiger charge is 2.45. The monoisotopic (exact) mass is 658 g/mol. The number of halogens is 2. The number of fused-ring (bicyclic) bond motifs is 4. The average Bonchev–Trinajstić information content (AvgIpc) is 3.62. The van der Waals surface area contributed by atoms with Crippen molar-refractivity contribution in [1.82, 2.24) is 25.2 Å². The number of ether oxygens (including phenoxy) is 1. The van der Waals surface area contributed by atoms with Crippen LogP contribution in [-0.4, -0.2) is 76.9 Å². The molecule has 11 heteroatoms. The Bertz CT molecular complexity index is 1920. The van der Waals surface area contributed by atoms with Gasteiger partial charge in [0.25, 0.3) is 0 Å². The van der Waals surface area contributed by atoms with Crippen LogP contribution >= 0.6 is 19.2 Å². The maximum absolute atomic E-state index is 17.1. The first-order valence-electron chi connectivity index (χ1n) is 16.2. The minimum atomic E-state index is -0.549. The van der Waals surface area contributed by atoms with Crippen molar-refractivity contribution in [2.24, 2.45) is 0 Å². The van der Waals surface area contributed by atoms with Crippen molar-refractivity contribution >= 4 is 46.7 Å². The molecule has 2 aromatic carbocycles. The molecule has 0 saturated carbocycles. The highest BCUT2D eigenvalue weighted by Crippen LogP contribution is 2.44. The zero-order valence-corrected chi connectivity index (χ0v) is 28.0. The van der Waals surface area contributed by atoms with Gasteiger partial charge in [0.1, 0.15) is 29.5 Å². The predicted molar refractivity (Wildman–Crippen MR) is 184 cm³/mol. The second kappa shape index (κ2) is 11.9. The number of nitrogens with zero attached hydrogens (tertiary/aromatic N) is 5. The molecule has 3 saturated heterocycles. The van der Waals surface area contributed by atoms with E-state index in [2.05, 4.69) is 33.2 Å². The van der Waals surface area contributed by atoms with Gasteiger partial charge in [-0.05, 0) is 81.9 Å². The first-order valence-corrected chi connectivity index (χ1v) is 19.3. The Kier molecular flexibility index (Phi) is 7.80. The molecule has 2 aromatic heterocycles. The van der Waals surface area contributed by atoms with Crippen LogP contribution < -0.4 is 15.0 Å². The Morgan fingerprint density at radius 2 is 1.89 bits per heavy atom. The Hall–Kier alpha value is -3.09. The van der Waals surface area contributed by atoms with Gasteiger partial charge < -0.3 is 15.0 Å². The Balaban J connectivity index is 1.33. The fraction of sp³-hybridized carbons (Fsp3) is 0.457.